The second-order valence-electron chi connectivity index (χ2n) is 4.34. The van der Waals surface area contributed by atoms with E-state index >= 15 is 0 Å². The van der Waals surface area contributed by atoms with Crippen molar-refractivity contribution in [2.75, 3.05) is 0 Å². The van der Waals surface area contributed by atoms with Crippen molar-refractivity contribution in [1.82, 2.24) is 0 Å². The van der Waals surface area contributed by atoms with Gasteiger partial charge in [0, 0.05) is 5.56 Å². The smallest absolute Gasteiger partial charge is 0.287 e. The first-order chi connectivity index (χ1) is 9.73. The van der Waals surface area contributed by atoms with E-state index in [2.05, 4.69) is 0 Å². The quantitative estimate of drug-likeness (QED) is 0.591. The van der Waals surface area contributed by atoms with Gasteiger partial charge < -0.3 is 0 Å². The Morgan fingerprint density at radius 3 is 1.67 bits per heavy atom. The first kappa shape index (κ1) is 15.2. The van der Waals surface area contributed by atoms with Gasteiger partial charge in [0.05, 0.1) is 0 Å². The fraction of sp³-hybridized carbons (Fsp3) is 0.133. The molecule has 6 heteroatoms. The van der Waals surface area contributed by atoms with Crippen LogP contribution in [-0.2, 0) is 0 Å². The van der Waals surface area contributed by atoms with Crippen LogP contribution in [0.5, 0.6) is 0 Å². The SMILES string of the molecule is O=C(c1ccc(-c2ccccc2)cc1)C(F)(F)C(F)(F)F. The zero-order valence-electron chi connectivity index (χ0n) is 10.5. The Kier molecular flexibility index (Phi) is 3.80. The van der Waals surface area contributed by atoms with Crippen molar-refractivity contribution in [3.05, 3.63) is 60.2 Å². The summed E-state index contributed by atoms with van der Waals surface area (Å²) in [4.78, 5) is 11.3. The Balaban J connectivity index is 2.30. The average Bonchev–Trinajstić information content (AvgIpc) is 2.46. The van der Waals surface area contributed by atoms with Gasteiger partial charge in [-0.25, -0.2) is 0 Å². The standard InChI is InChI=1S/C15H9F5O/c16-14(17,15(18,19)20)13(21)12-8-6-11(7-9-12)10-4-2-1-3-5-10/h1-9H. The van der Waals surface area contributed by atoms with Crippen LogP contribution in [0.2, 0.25) is 0 Å². The van der Waals surface area contributed by atoms with E-state index in [-0.39, 0.29) is 0 Å². The number of carbonyl (C=O) groups is 1. The lowest BCUT2D eigenvalue weighted by atomic mass is 10.00. The van der Waals surface area contributed by atoms with Gasteiger partial charge in [-0.15, -0.1) is 0 Å². The van der Waals surface area contributed by atoms with E-state index in [0.717, 1.165) is 17.7 Å². The lowest BCUT2D eigenvalue weighted by Crippen LogP contribution is -2.44. The number of Topliss-reactive ketones (excluding diaryl/α,β-unsaturated/α-hetero) is 1. The maximum absolute atomic E-state index is 13.0. The number of alkyl halides is 5. The molecule has 2 aromatic rings. The normalized spacial score (nSPS) is 12.2. The van der Waals surface area contributed by atoms with Crippen molar-refractivity contribution < 1.29 is 26.7 Å². The van der Waals surface area contributed by atoms with Crippen molar-refractivity contribution in [2.45, 2.75) is 12.1 Å². The Morgan fingerprint density at radius 1 is 0.714 bits per heavy atom. The molecule has 0 aliphatic carbocycles. The molecule has 0 aromatic heterocycles. The van der Waals surface area contributed by atoms with Crippen molar-refractivity contribution in [1.29, 1.82) is 0 Å². The van der Waals surface area contributed by atoms with Crippen LogP contribution >= 0.6 is 0 Å². The largest absolute Gasteiger partial charge is 0.461 e. The summed E-state index contributed by atoms with van der Waals surface area (Å²) in [5.74, 6) is -7.64. The average molecular weight is 300 g/mol. The van der Waals surface area contributed by atoms with Crippen molar-refractivity contribution >= 4 is 5.78 Å². The summed E-state index contributed by atoms with van der Waals surface area (Å²) in [6, 6.07) is 13.4. The molecule has 0 heterocycles. The molecule has 0 fully saturated rings. The summed E-state index contributed by atoms with van der Waals surface area (Å²) in [5, 5.41) is 0. The van der Waals surface area contributed by atoms with Crippen LogP contribution in [0, 0.1) is 0 Å². The maximum atomic E-state index is 13.0. The molecular weight excluding hydrogens is 291 g/mol. The Labute approximate surface area is 117 Å². The second kappa shape index (κ2) is 5.27. The van der Waals surface area contributed by atoms with Gasteiger partial charge >= 0.3 is 12.1 Å². The molecule has 21 heavy (non-hydrogen) atoms. The van der Waals surface area contributed by atoms with Crippen LogP contribution < -0.4 is 0 Å². The Bertz CT molecular complexity index is 629. The highest BCUT2D eigenvalue weighted by Crippen LogP contribution is 2.38. The third-order valence-electron chi connectivity index (χ3n) is 2.90. The maximum Gasteiger partial charge on any atom is 0.461 e. The molecule has 0 atom stereocenters. The van der Waals surface area contributed by atoms with E-state index in [1.165, 1.54) is 12.1 Å². The molecule has 0 unspecified atom stereocenters. The highest BCUT2D eigenvalue weighted by molar-refractivity contribution is 6.02. The molecule has 0 radical (unpaired) electrons. The van der Waals surface area contributed by atoms with Gasteiger partial charge in [0.2, 0.25) is 5.78 Å². The first-order valence-corrected chi connectivity index (χ1v) is 5.88. The second-order valence-corrected chi connectivity index (χ2v) is 4.34. The van der Waals surface area contributed by atoms with Gasteiger partial charge in [-0.2, -0.15) is 22.0 Å². The molecule has 0 saturated carbocycles. The third kappa shape index (κ3) is 2.94. The van der Waals surface area contributed by atoms with Gasteiger partial charge in [0.1, 0.15) is 0 Å². The van der Waals surface area contributed by atoms with E-state index in [4.69, 9.17) is 0 Å². The molecule has 0 aliphatic rings. The van der Waals surface area contributed by atoms with E-state index in [1.54, 1.807) is 30.3 Å². The number of rotatable bonds is 3. The molecule has 2 aromatic carbocycles. The zero-order valence-corrected chi connectivity index (χ0v) is 10.5. The monoisotopic (exact) mass is 300 g/mol. The highest BCUT2D eigenvalue weighted by atomic mass is 19.4. The third-order valence-corrected chi connectivity index (χ3v) is 2.90. The van der Waals surface area contributed by atoms with Gasteiger partial charge in [-0.1, -0.05) is 54.6 Å². The molecule has 0 aliphatic heterocycles. The van der Waals surface area contributed by atoms with E-state index in [0.29, 0.717) is 5.56 Å². The van der Waals surface area contributed by atoms with Crippen LogP contribution in [0.4, 0.5) is 22.0 Å². The molecule has 1 nitrogen and oxygen atoms in total. The first-order valence-electron chi connectivity index (χ1n) is 5.88. The molecule has 0 saturated heterocycles. The number of benzene rings is 2. The van der Waals surface area contributed by atoms with Crippen molar-refractivity contribution in [3.8, 4) is 11.1 Å². The number of hydrogen-bond donors (Lipinski definition) is 0. The molecular formula is C15H9F5O. The number of carbonyl (C=O) groups excluding carboxylic acids is 1. The lowest BCUT2D eigenvalue weighted by Gasteiger charge is -2.18. The topological polar surface area (TPSA) is 17.1 Å². The molecule has 0 bridgehead atoms. The molecule has 110 valence electrons. The van der Waals surface area contributed by atoms with Crippen molar-refractivity contribution in [2.24, 2.45) is 0 Å². The van der Waals surface area contributed by atoms with Gasteiger partial charge in [-0.05, 0) is 11.1 Å². The van der Waals surface area contributed by atoms with E-state index < -0.39 is 23.4 Å². The van der Waals surface area contributed by atoms with Crippen LogP contribution in [0.3, 0.4) is 0 Å². The van der Waals surface area contributed by atoms with Gasteiger partial charge in [0.25, 0.3) is 0 Å². The fourth-order valence-corrected chi connectivity index (χ4v) is 1.75. The molecule has 0 N–H and O–H groups in total. The van der Waals surface area contributed by atoms with Crippen LogP contribution in [0.25, 0.3) is 11.1 Å². The Hall–Kier alpha value is -2.24. The minimum absolute atomic E-state index is 0.613. The summed E-state index contributed by atoms with van der Waals surface area (Å²) in [7, 11) is 0. The van der Waals surface area contributed by atoms with Crippen LogP contribution in [0.15, 0.2) is 54.6 Å². The van der Waals surface area contributed by atoms with E-state index in [1.807, 2.05) is 0 Å². The summed E-state index contributed by atoms with van der Waals surface area (Å²) < 4.78 is 62.3. The highest BCUT2D eigenvalue weighted by Gasteiger charge is 2.63. The molecule has 0 spiro atoms. The molecule has 0 amide bonds. The lowest BCUT2D eigenvalue weighted by molar-refractivity contribution is -0.255. The molecule has 2 rings (SSSR count). The van der Waals surface area contributed by atoms with Crippen LogP contribution in [0.1, 0.15) is 10.4 Å². The van der Waals surface area contributed by atoms with Gasteiger partial charge in [0.15, 0.2) is 0 Å². The fourth-order valence-electron chi connectivity index (χ4n) is 1.75. The number of ketones is 1. The van der Waals surface area contributed by atoms with Crippen molar-refractivity contribution in [3.63, 3.8) is 0 Å². The predicted octanol–water partition coefficient (Wildman–Crippen LogP) is 4.73. The van der Waals surface area contributed by atoms with Crippen LogP contribution in [-0.4, -0.2) is 17.9 Å². The number of halogens is 5. The van der Waals surface area contributed by atoms with E-state index in [9.17, 15) is 26.7 Å². The summed E-state index contributed by atoms with van der Waals surface area (Å²) in [6.45, 7) is 0. The summed E-state index contributed by atoms with van der Waals surface area (Å²) >= 11 is 0. The summed E-state index contributed by atoms with van der Waals surface area (Å²) in [6.07, 6.45) is -5.90. The number of hydrogen-bond acceptors (Lipinski definition) is 1. The zero-order chi connectivity index (χ0) is 15.7. The summed E-state index contributed by atoms with van der Waals surface area (Å²) in [5.41, 5.74) is 0.693. The minimum atomic E-state index is -5.90. The minimum Gasteiger partial charge on any atom is -0.287 e. The Morgan fingerprint density at radius 2 is 1.19 bits per heavy atom. The predicted molar refractivity (Wildman–Crippen MR) is 67.2 cm³/mol. The van der Waals surface area contributed by atoms with Gasteiger partial charge in [-0.3, -0.25) is 4.79 Å².